The van der Waals surface area contributed by atoms with E-state index in [-0.39, 0.29) is 12.7 Å². The molecule has 1 aliphatic rings. The van der Waals surface area contributed by atoms with Gasteiger partial charge in [-0.25, -0.2) is 0 Å². The highest BCUT2D eigenvalue weighted by Gasteiger charge is 2.34. The Hall–Kier alpha value is -0.160. The van der Waals surface area contributed by atoms with Crippen LogP contribution in [0.25, 0.3) is 0 Å². The average molecular weight is 245 g/mol. The number of rotatable bonds is 8. The Morgan fingerprint density at radius 2 is 2.00 bits per heavy atom. The van der Waals surface area contributed by atoms with Crippen LogP contribution in [-0.2, 0) is 9.47 Å². The Balaban J connectivity index is 2.27. The zero-order chi connectivity index (χ0) is 12.7. The minimum atomic E-state index is 0.213. The molecule has 1 fully saturated rings. The van der Waals surface area contributed by atoms with Gasteiger partial charge in [0.15, 0.2) is 0 Å². The number of hydrogen-bond donors (Lipinski definition) is 1. The Morgan fingerprint density at radius 1 is 1.24 bits per heavy atom. The fourth-order valence-corrected chi connectivity index (χ4v) is 2.66. The first-order valence-corrected chi connectivity index (χ1v) is 6.62. The normalized spacial score (nSPS) is 29.1. The van der Waals surface area contributed by atoms with E-state index in [9.17, 15) is 5.11 Å². The van der Waals surface area contributed by atoms with Crippen molar-refractivity contribution in [2.45, 2.75) is 25.9 Å². The molecule has 0 saturated heterocycles. The van der Waals surface area contributed by atoms with Gasteiger partial charge in [-0.05, 0) is 39.8 Å². The summed E-state index contributed by atoms with van der Waals surface area (Å²) in [7, 11) is 4.19. The van der Waals surface area contributed by atoms with Crippen molar-refractivity contribution in [1.29, 1.82) is 0 Å². The first-order valence-electron chi connectivity index (χ1n) is 6.62. The molecular weight excluding hydrogens is 218 g/mol. The Labute approximate surface area is 105 Å². The second-order valence-electron chi connectivity index (χ2n) is 5.15. The lowest BCUT2D eigenvalue weighted by atomic mass is 10.1. The number of nitrogens with zero attached hydrogens (tertiary/aromatic N) is 1. The van der Waals surface area contributed by atoms with Gasteiger partial charge < -0.3 is 19.5 Å². The molecule has 4 heteroatoms. The maximum absolute atomic E-state index is 9.37. The molecule has 0 aromatic rings. The zero-order valence-electron chi connectivity index (χ0n) is 11.4. The maximum Gasteiger partial charge on any atom is 0.0704 e. The van der Waals surface area contributed by atoms with Crippen LogP contribution in [0, 0.1) is 11.8 Å². The fourth-order valence-electron chi connectivity index (χ4n) is 2.66. The van der Waals surface area contributed by atoms with Gasteiger partial charge in [0.25, 0.3) is 0 Å². The third-order valence-corrected chi connectivity index (χ3v) is 3.35. The van der Waals surface area contributed by atoms with Crippen molar-refractivity contribution < 1.29 is 14.6 Å². The van der Waals surface area contributed by atoms with Crippen LogP contribution in [0.2, 0.25) is 0 Å². The van der Waals surface area contributed by atoms with Gasteiger partial charge >= 0.3 is 0 Å². The Kier molecular flexibility index (Phi) is 7.04. The summed E-state index contributed by atoms with van der Waals surface area (Å²) < 4.78 is 11.1. The third kappa shape index (κ3) is 5.34. The average Bonchev–Trinajstić information content (AvgIpc) is 2.66. The lowest BCUT2D eigenvalue weighted by Gasteiger charge is -2.18. The van der Waals surface area contributed by atoms with Crippen LogP contribution in [0.15, 0.2) is 0 Å². The molecule has 102 valence electrons. The van der Waals surface area contributed by atoms with Crippen molar-refractivity contribution in [1.82, 2.24) is 4.90 Å². The number of aliphatic hydroxyl groups is 1. The molecule has 1 rings (SSSR count). The summed E-state index contributed by atoms with van der Waals surface area (Å²) in [5, 5.41) is 9.37. The molecule has 1 saturated carbocycles. The fraction of sp³-hybridized carbons (Fsp3) is 1.00. The molecule has 0 amide bonds. The molecule has 0 heterocycles. The SMILES string of the molecule is CCOCCO[C@@H]1C[C@@H](CN(C)C)C[C@@H]1CO. The molecule has 1 N–H and O–H groups in total. The zero-order valence-corrected chi connectivity index (χ0v) is 11.4. The molecule has 0 aromatic carbocycles. The summed E-state index contributed by atoms with van der Waals surface area (Å²) in [6, 6.07) is 0. The summed E-state index contributed by atoms with van der Waals surface area (Å²) in [6.07, 6.45) is 2.36. The van der Waals surface area contributed by atoms with Crippen molar-refractivity contribution in [2.75, 3.05) is 47.1 Å². The smallest absolute Gasteiger partial charge is 0.0704 e. The predicted molar refractivity (Wildman–Crippen MR) is 68.1 cm³/mol. The number of aliphatic hydroxyl groups excluding tert-OH is 1. The maximum atomic E-state index is 9.37. The molecule has 0 radical (unpaired) electrons. The van der Waals surface area contributed by atoms with E-state index < -0.39 is 0 Å². The molecule has 3 atom stereocenters. The van der Waals surface area contributed by atoms with Crippen molar-refractivity contribution in [3.05, 3.63) is 0 Å². The molecule has 4 nitrogen and oxygen atoms in total. The quantitative estimate of drug-likeness (QED) is 0.648. The molecule has 1 aliphatic carbocycles. The summed E-state index contributed by atoms with van der Waals surface area (Å²) in [4.78, 5) is 2.21. The van der Waals surface area contributed by atoms with Gasteiger partial charge in [-0.15, -0.1) is 0 Å². The van der Waals surface area contributed by atoms with Gasteiger partial charge in [-0.2, -0.15) is 0 Å². The molecular formula is C13H27NO3. The van der Waals surface area contributed by atoms with Crippen LogP contribution >= 0.6 is 0 Å². The van der Waals surface area contributed by atoms with Crippen LogP contribution in [0.5, 0.6) is 0 Å². The van der Waals surface area contributed by atoms with Gasteiger partial charge in [0.05, 0.1) is 19.3 Å². The second kappa shape index (κ2) is 8.03. The number of hydrogen-bond acceptors (Lipinski definition) is 4. The van der Waals surface area contributed by atoms with Gasteiger partial charge in [-0.1, -0.05) is 0 Å². The van der Waals surface area contributed by atoms with E-state index in [1.165, 1.54) is 0 Å². The highest BCUT2D eigenvalue weighted by molar-refractivity contribution is 4.85. The van der Waals surface area contributed by atoms with Gasteiger partial charge in [0.1, 0.15) is 0 Å². The third-order valence-electron chi connectivity index (χ3n) is 3.35. The lowest BCUT2D eigenvalue weighted by molar-refractivity contribution is -0.0199. The van der Waals surface area contributed by atoms with Crippen LogP contribution in [0.3, 0.4) is 0 Å². The summed E-state index contributed by atoms with van der Waals surface area (Å²) in [5.74, 6) is 0.959. The van der Waals surface area contributed by atoms with Crippen LogP contribution in [-0.4, -0.2) is 63.2 Å². The first-order chi connectivity index (χ1) is 8.17. The van der Waals surface area contributed by atoms with Crippen molar-refractivity contribution in [2.24, 2.45) is 11.8 Å². The van der Waals surface area contributed by atoms with Crippen LogP contribution in [0.4, 0.5) is 0 Å². The van der Waals surface area contributed by atoms with Gasteiger partial charge in [-0.3, -0.25) is 0 Å². The minimum absolute atomic E-state index is 0.213. The monoisotopic (exact) mass is 245 g/mol. The van der Waals surface area contributed by atoms with E-state index in [0.717, 1.165) is 26.0 Å². The molecule has 0 bridgehead atoms. The molecule has 17 heavy (non-hydrogen) atoms. The van der Waals surface area contributed by atoms with Crippen LogP contribution in [0.1, 0.15) is 19.8 Å². The first kappa shape index (κ1) is 14.9. The summed E-state index contributed by atoms with van der Waals surface area (Å²) >= 11 is 0. The van der Waals surface area contributed by atoms with E-state index >= 15 is 0 Å². The molecule has 0 aliphatic heterocycles. The largest absolute Gasteiger partial charge is 0.396 e. The van der Waals surface area contributed by atoms with Gasteiger partial charge in [0, 0.05) is 25.7 Å². The standard InChI is InChI=1S/C13H27NO3/c1-4-16-5-6-17-13-8-11(9-14(2)3)7-12(13)10-15/h11-13,15H,4-10H2,1-3H3/t11-,12+,13+/m0/s1. The van der Waals surface area contributed by atoms with E-state index in [1.54, 1.807) is 0 Å². The minimum Gasteiger partial charge on any atom is -0.396 e. The van der Waals surface area contributed by atoms with E-state index in [4.69, 9.17) is 9.47 Å². The highest BCUT2D eigenvalue weighted by atomic mass is 16.5. The van der Waals surface area contributed by atoms with Gasteiger partial charge in [0.2, 0.25) is 0 Å². The number of ether oxygens (including phenoxy) is 2. The van der Waals surface area contributed by atoms with E-state index in [2.05, 4.69) is 19.0 Å². The summed E-state index contributed by atoms with van der Waals surface area (Å²) in [6.45, 7) is 5.35. The second-order valence-corrected chi connectivity index (χ2v) is 5.15. The van der Waals surface area contributed by atoms with Crippen molar-refractivity contribution in [3.63, 3.8) is 0 Å². The van der Waals surface area contributed by atoms with E-state index in [1.807, 2.05) is 6.92 Å². The molecule has 0 aromatic heterocycles. The Morgan fingerprint density at radius 3 is 2.59 bits per heavy atom. The topological polar surface area (TPSA) is 41.9 Å². The Bertz CT molecular complexity index is 199. The van der Waals surface area contributed by atoms with Crippen molar-refractivity contribution in [3.8, 4) is 0 Å². The van der Waals surface area contributed by atoms with Crippen molar-refractivity contribution >= 4 is 0 Å². The highest BCUT2D eigenvalue weighted by Crippen LogP contribution is 2.33. The molecule has 0 unspecified atom stereocenters. The van der Waals surface area contributed by atoms with E-state index in [0.29, 0.717) is 25.0 Å². The predicted octanol–water partition coefficient (Wildman–Crippen LogP) is 0.988. The summed E-state index contributed by atoms with van der Waals surface area (Å²) in [5.41, 5.74) is 0. The lowest BCUT2D eigenvalue weighted by Crippen LogP contribution is -2.23. The molecule has 0 spiro atoms. The van der Waals surface area contributed by atoms with Crippen LogP contribution < -0.4 is 0 Å².